The molecule has 0 aliphatic carbocycles. The first-order chi connectivity index (χ1) is 8.25. The minimum absolute atomic E-state index is 0.105. The van der Waals surface area contributed by atoms with Crippen LogP contribution in [0.3, 0.4) is 0 Å². The standard InChI is InChI=1S/C11H11FIN3O/c12-9-5-8(13)7-6-14-16(11(7)15-9)10-3-1-2-4-17-10/h5-6,10H,1-4H2. The van der Waals surface area contributed by atoms with Crippen molar-refractivity contribution in [2.24, 2.45) is 0 Å². The lowest BCUT2D eigenvalue weighted by Crippen LogP contribution is -2.19. The lowest BCUT2D eigenvalue weighted by molar-refractivity contribution is -0.0370. The highest BCUT2D eigenvalue weighted by Crippen LogP contribution is 2.27. The average Bonchev–Trinajstić information content (AvgIpc) is 2.74. The van der Waals surface area contributed by atoms with Crippen LogP contribution < -0.4 is 0 Å². The summed E-state index contributed by atoms with van der Waals surface area (Å²) >= 11 is 2.09. The smallest absolute Gasteiger partial charge is 0.215 e. The summed E-state index contributed by atoms with van der Waals surface area (Å²) in [6.45, 7) is 0.735. The lowest BCUT2D eigenvalue weighted by atomic mass is 10.2. The molecule has 0 amide bonds. The zero-order valence-corrected chi connectivity index (χ0v) is 11.2. The molecular formula is C11H11FIN3O. The molecule has 3 rings (SSSR count). The maximum atomic E-state index is 13.3. The Bertz CT molecular complexity index is 551. The SMILES string of the molecule is Fc1cc(I)c2cnn(C3CCCCO3)c2n1. The number of aromatic nitrogens is 3. The van der Waals surface area contributed by atoms with Crippen molar-refractivity contribution in [1.29, 1.82) is 0 Å². The highest BCUT2D eigenvalue weighted by atomic mass is 127. The zero-order valence-electron chi connectivity index (χ0n) is 9.07. The number of ether oxygens (including phenoxy) is 1. The Balaban J connectivity index is 2.10. The first kappa shape index (κ1) is 11.3. The van der Waals surface area contributed by atoms with Crippen LogP contribution in [-0.2, 0) is 4.74 Å². The third-order valence-electron chi connectivity index (χ3n) is 2.91. The minimum atomic E-state index is -0.473. The molecule has 0 N–H and O–H groups in total. The van der Waals surface area contributed by atoms with Gasteiger partial charge in [-0.25, -0.2) is 4.68 Å². The Morgan fingerprint density at radius 1 is 1.47 bits per heavy atom. The van der Waals surface area contributed by atoms with E-state index in [1.807, 2.05) is 0 Å². The van der Waals surface area contributed by atoms with Gasteiger partial charge in [0.2, 0.25) is 5.95 Å². The van der Waals surface area contributed by atoms with Gasteiger partial charge in [0.15, 0.2) is 11.9 Å². The molecule has 0 spiro atoms. The summed E-state index contributed by atoms with van der Waals surface area (Å²) in [6.07, 6.45) is 4.71. The van der Waals surface area contributed by atoms with Gasteiger partial charge >= 0.3 is 0 Å². The first-order valence-electron chi connectivity index (χ1n) is 5.56. The van der Waals surface area contributed by atoms with E-state index in [0.29, 0.717) is 5.65 Å². The molecule has 0 radical (unpaired) electrons. The van der Waals surface area contributed by atoms with Crippen molar-refractivity contribution in [3.8, 4) is 0 Å². The van der Waals surface area contributed by atoms with Crippen LogP contribution >= 0.6 is 22.6 Å². The molecule has 2 aromatic heterocycles. The van der Waals surface area contributed by atoms with E-state index in [2.05, 4.69) is 32.7 Å². The molecule has 1 aliphatic heterocycles. The Morgan fingerprint density at radius 3 is 3.12 bits per heavy atom. The second-order valence-corrected chi connectivity index (χ2v) is 5.24. The highest BCUT2D eigenvalue weighted by Gasteiger charge is 2.20. The topological polar surface area (TPSA) is 39.9 Å². The van der Waals surface area contributed by atoms with Crippen LogP contribution in [-0.4, -0.2) is 21.4 Å². The van der Waals surface area contributed by atoms with Gasteiger partial charge in [0.1, 0.15) is 0 Å². The second-order valence-electron chi connectivity index (χ2n) is 4.07. The largest absolute Gasteiger partial charge is 0.356 e. The maximum Gasteiger partial charge on any atom is 0.215 e. The van der Waals surface area contributed by atoms with E-state index in [0.717, 1.165) is 34.8 Å². The fraction of sp³-hybridized carbons (Fsp3) is 0.455. The van der Waals surface area contributed by atoms with Crippen LogP contribution in [0.15, 0.2) is 12.3 Å². The Hall–Kier alpha value is -0.760. The highest BCUT2D eigenvalue weighted by molar-refractivity contribution is 14.1. The summed E-state index contributed by atoms with van der Waals surface area (Å²) in [4.78, 5) is 3.92. The monoisotopic (exact) mass is 347 g/mol. The quantitative estimate of drug-likeness (QED) is 0.588. The third kappa shape index (κ3) is 2.03. The third-order valence-corrected chi connectivity index (χ3v) is 3.81. The molecule has 1 saturated heterocycles. The number of nitrogens with zero attached hydrogens (tertiary/aromatic N) is 3. The molecule has 4 nitrogen and oxygen atoms in total. The maximum absolute atomic E-state index is 13.3. The summed E-state index contributed by atoms with van der Waals surface area (Å²) in [6, 6.07) is 1.41. The van der Waals surface area contributed by atoms with Gasteiger partial charge in [-0.05, 0) is 41.9 Å². The number of hydrogen-bond acceptors (Lipinski definition) is 3. The van der Waals surface area contributed by atoms with Crippen molar-refractivity contribution < 1.29 is 9.13 Å². The van der Waals surface area contributed by atoms with Gasteiger partial charge in [0.05, 0.1) is 11.6 Å². The Kier molecular flexibility index (Phi) is 2.99. The summed E-state index contributed by atoms with van der Waals surface area (Å²) < 4.78 is 21.5. The van der Waals surface area contributed by atoms with Crippen molar-refractivity contribution in [3.05, 3.63) is 21.8 Å². The number of hydrogen-bond donors (Lipinski definition) is 0. The van der Waals surface area contributed by atoms with Gasteiger partial charge in [-0.1, -0.05) is 0 Å². The van der Waals surface area contributed by atoms with E-state index in [1.165, 1.54) is 6.07 Å². The number of halogens is 2. The molecule has 2 aromatic rings. The van der Waals surface area contributed by atoms with E-state index >= 15 is 0 Å². The molecule has 3 heterocycles. The van der Waals surface area contributed by atoms with E-state index in [1.54, 1.807) is 10.9 Å². The number of pyridine rings is 1. The molecule has 1 atom stereocenters. The van der Waals surface area contributed by atoms with Crippen LogP contribution in [0.2, 0.25) is 0 Å². The molecule has 0 bridgehead atoms. The van der Waals surface area contributed by atoms with Crippen molar-refractivity contribution in [2.45, 2.75) is 25.5 Å². The van der Waals surface area contributed by atoms with Crippen molar-refractivity contribution in [2.75, 3.05) is 6.61 Å². The Morgan fingerprint density at radius 2 is 2.35 bits per heavy atom. The van der Waals surface area contributed by atoms with Crippen LogP contribution in [0.4, 0.5) is 4.39 Å². The summed E-state index contributed by atoms with van der Waals surface area (Å²) in [5, 5.41) is 5.15. The minimum Gasteiger partial charge on any atom is -0.356 e. The lowest BCUT2D eigenvalue weighted by Gasteiger charge is -2.22. The first-order valence-corrected chi connectivity index (χ1v) is 6.64. The van der Waals surface area contributed by atoms with Crippen molar-refractivity contribution in [1.82, 2.24) is 14.8 Å². The molecule has 1 fully saturated rings. The van der Waals surface area contributed by atoms with Crippen LogP contribution in [0.25, 0.3) is 11.0 Å². The summed E-state index contributed by atoms with van der Waals surface area (Å²) in [5.74, 6) is -0.473. The molecule has 17 heavy (non-hydrogen) atoms. The van der Waals surface area contributed by atoms with Gasteiger partial charge in [-0.3, -0.25) is 0 Å². The predicted molar refractivity (Wildman–Crippen MR) is 69.0 cm³/mol. The average molecular weight is 347 g/mol. The van der Waals surface area contributed by atoms with E-state index in [9.17, 15) is 4.39 Å². The number of rotatable bonds is 1. The van der Waals surface area contributed by atoms with Crippen LogP contribution in [0.5, 0.6) is 0 Å². The number of fused-ring (bicyclic) bond motifs is 1. The molecule has 90 valence electrons. The van der Waals surface area contributed by atoms with Crippen LogP contribution in [0, 0.1) is 9.52 Å². The van der Waals surface area contributed by atoms with Gasteiger partial charge < -0.3 is 4.74 Å². The summed E-state index contributed by atoms with van der Waals surface area (Å²) in [7, 11) is 0. The summed E-state index contributed by atoms with van der Waals surface area (Å²) in [5.41, 5.74) is 0.571. The molecule has 0 saturated carbocycles. The molecule has 6 heteroatoms. The van der Waals surface area contributed by atoms with Crippen molar-refractivity contribution in [3.63, 3.8) is 0 Å². The van der Waals surface area contributed by atoms with E-state index in [4.69, 9.17) is 4.74 Å². The fourth-order valence-electron chi connectivity index (χ4n) is 2.08. The van der Waals surface area contributed by atoms with Crippen LogP contribution in [0.1, 0.15) is 25.5 Å². The molecule has 1 unspecified atom stereocenters. The Labute approximate surface area is 111 Å². The molecular weight excluding hydrogens is 336 g/mol. The normalized spacial score (nSPS) is 20.9. The van der Waals surface area contributed by atoms with Gasteiger partial charge in [0.25, 0.3) is 0 Å². The van der Waals surface area contributed by atoms with E-state index in [-0.39, 0.29) is 6.23 Å². The fourth-order valence-corrected chi connectivity index (χ4v) is 2.72. The van der Waals surface area contributed by atoms with E-state index < -0.39 is 5.95 Å². The molecule has 1 aliphatic rings. The second kappa shape index (κ2) is 4.49. The predicted octanol–water partition coefficient (Wildman–Crippen LogP) is 2.87. The van der Waals surface area contributed by atoms with Gasteiger partial charge in [-0.15, -0.1) is 0 Å². The van der Waals surface area contributed by atoms with Gasteiger partial charge in [0, 0.05) is 16.2 Å². The molecule has 0 aromatic carbocycles. The zero-order chi connectivity index (χ0) is 11.8. The van der Waals surface area contributed by atoms with Gasteiger partial charge in [-0.2, -0.15) is 14.5 Å². The van der Waals surface area contributed by atoms with Crippen molar-refractivity contribution >= 4 is 33.6 Å².